The molecule has 7 heteroatoms. The highest BCUT2D eigenvalue weighted by atomic mass is 28.3. The first-order chi connectivity index (χ1) is 12.4. The minimum Gasteiger partial charge on any atom is -0.398 e. The number of nitrogen functional groups attached to an aromatic ring is 1. The van der Waals surface area contributed by atoms with E-state index in [0.29, 0.717) is 19.0 Å². The van der Waals surface area contributed by atoms with Gasteiger partial charge in [0.15, 0.2) is 0 Å². The molecule has 0 aliphatic carbocycles. The fourth-order valence-electron chi connectivity index (χ4n) is 2.73. The maximum atomic E-state index is 6.30. The lowest BCUT2D eigenvalue weighted by atomic mass is 10.0. The van der Waals surface area contributed by atoms with E-state index >= 15 is 0 Å². The second kappa shape index (κ2) is 7.57. The Bertz CT molecular complexity index is 883. The highest BCUT2D eigenvalue weighted by Gasteiger charge is 2.13. The number of nitrogens with zero attached hydrogens (tertiary/aromatic N) is 3. The second-order valence-corrected chi connectivity index (χ2v) is 13.4. The van der Waals surface area contributed by atoms with Crippen molar-refractivity contribution in [3.8, 4) is 11.1 Å². The zero-order valence-electron chi connectivity index (χ0n) is 15.7. The SMILES string of the molecule is C[Si](C)(C)CCOCn1ncc2cc(-c3ccc(CN)nc3)c(N)cc21. The third-order valence-electron chi connectivity index (χ3n) is 4.37. The van der Waals surface area contributed by atoms with E-state index in [1.54, 1.807) is 0 Å². The Morgan fingerprint density at radius 3 is 2.62 bits per heavy atom. The molecule has 26 heavy (non-hydrogen) atoms. The molecule has 0 radical (unpaired) electrons. The van der Waals surface area contributed by atoms with E-state index in [-0.39, 0.29) is 0 Å². The molecule has 0 atom stereocenters. The van der Waals surface area contributed by atoms with Gasteiger partial charge >= 0.3 is 0 Å². The van der Waals surface area contributed by atoms with Gasteiger partial charge in [-0.3, -0.25) is 4.98 Å². The number of hydrogen-bond donors (Lipinski definition) is 2. The third kappa shape index (κ3) is 4.30. The summed E-state index contributed by atoms with van der Waals surface area (Å²) in [5.41, 5.74) is 16.4. The lowest BCUT2D eigenvalue weighted by Crippen LogP contribution is -2.22. The molecule has 0 spiro atoms. The lowest BCUT2D eigenvalue weighted by molar-refractivity contribution is 0.0817. The van der Waals surface area contributed by atoms with Crippen LogP contribution >= 0.6 is 0 Å². The molecule has 1 aromatic carbocycles. The number of benzene rings is 1. The van der Waals surface area contributed by atoms with Gasteiger partial charge in [0.25, 0.3) is 0 Å². The molecule has 0 fully saturated rings. The Kier molecular flexibility index (Phi) is 5.40. The zero-order valence-corrected chi connectivity index (χ0v) is 16.7. The number of pyridine rings is 1. The van der Waals surface area contributed by atoms with Crippen molar-refractivity contribution in [1.82, 2.24) is 14.8 Å². The van der Waals surface area contributed by atoms with E-state index in [1.807, 2.05) is 35.3 Å². The number of anilines is 1. The van der Waals surface area contributed by atoms with Crippen molar-refractivity contribution in [3.05, 3.63) is 42.4 Å². The monoisotopic (exact) mass is 369 g/mol. The Hall–Kier alpha value is -2.22. The van der Waals surface area contributed by atoms with Crippen LogP contribution in [0.25, 0.3) is 22.0 Å². The van der Waals surface area contributed by atoms with Crippen LogP contribution in [-0.2, 0) is 18.0 Å². The van der Waals surface area contributed by atoms with Gasteiger partial charge in [-0.25, -0.2) is 4.68 Å². The Labute approximate surface area is 155 Å². The lowest BCUT2D eigenvalue weighted by Gasteiger charge is -2.15. The van der Waals surface area contributed by atoms with Gasteiger partial charge in [0.1, 0.15) is 6.73 Å². The van der Waals surface area contributed by atoms with Crippen LogP contribution in [0.15, 0.2) is 36.7 Å². The molecule has 4 N–H and O–H groups in total. The van der Waals surface area contributed by atoms with Gasteiger partial charge in [0.05, 0.1) is 17.4 Å². The molecule has 2 aromatic heterocycles. The summed E-state index contributed by atoms with van der Waals surface area (Å²) in [6.45, 7) is 8.67. The quantitative estimate of drug-likeness (QED) is 0.378. The summed E-state index contributed by atoms with van der Waals surface area (Å²) in [7, 11) is -1.08. The van der Waals surface area contributed by atoms with E-state index in [2.05, 4.69) is 35.8 Å². The average Bonchev–Trinajstić information content (AvgIpc) is 2.99. The molecule has 2 heterocycles. The van der Waals surface area contributed by atoms with Crippen LogP contribution in [-0.4, -0.2) is 29.4 Å². The van der Waals surface area contributed by atoms with Gasteiger partial charge in [-0.1, -0.05) is 25.7 Å². The molecule has 3 rings (SSSR count). The van der Waals surface area contributed by atoms with Gasteiger partial charge in [-0.05, 0) is 24.2 Å². The second-order valence-electron chi connectivity index (χ2n) is 7.73. The Balaban J connectivity index is 1.79. The molecular weight excluding hydrogens is 342 g/mol. The highest BCUT2D eigenvalue weighted by molar-refractivity contribution is 6.76. The Morgan fingerprint density at radius 2 is 1.96 bits per heavy atom. The largest absolute Gasteiger partial charge is 0.398 e. The molecule has 0 aliphatic rings. The summed E-state index contributed by atoms with van der Waals surface area (Å²) in [5.74, 6) is 0. The molecule has 0 saturated heterocycles. The summed E-state index contributed by atoms with van der Waals surface area (Å²) in [4.78, 5) is 4.35. The minimum absolute atomic E-state index is 0.430. The van der Waals surface area contributed by atoms with Crippen LogP contribution in [0.1, 0.15) is 5.69 Å². The predicted octanol–water partition coefficient (Wildman–Crippen LogP) is 3.45. The van der Waals surface area contributed by atoms with Crippen molar-refractivity contribution < 1.29 is 4.74 Å². The summed E-state index contributed by atoms with van der Waals surface area (Å²) in [5, 5.41) is 5.48. The molecule has 138 valence electrons. The van der Waals surface area contributed by atoms with E-state index in [1.165, 1.54) is 0 Å². The minimum atomic E-state index is -1.08. The number of aromatic nitrogens is 3. The van der Waals surface area contributed by atoms with Gasteiger partial charge in [0.2, 0.25) is 0 Å². The number of hydrogen-bond acceptors (Lipinski definition) is 5. The van der Waals surface area contributed by atoms with E-state index < -0.39 is 8.07 Å². The van der Waals surface area contributed by atoms with Crippen LogP contribution in [0.2, 0.25) is 25.7 Å². The molecule has 0 unspecified atom stereocenters. The van der Waals surface area contributed by atoms with Crippen molar-refractivity contribution in [2.75, 3.05) is 12.3 Å². The van der Waals surface area contributed by atoms with Crippen LogP contribution in [0.5, 0.6) is 0 Å². The van der Waals surface area contributed by atoms with E-state index in [9.17, 15) is 0 Å². The van der Waals surface area contributed by atoms with Gasteiger partial charge in [-0.2, -0.15) is 5.10 Å². The van der Waals surface area contributed by atoms with Crippen LogP contribution < -0.4 is 11.5 Å². The topological polar surface area (TPSA) is 92.0 Å². The van der Waals surface area contributed by atoms with Crippen molar-refractivity contribution in [2.45, 2.75) is 39.0 Å². The van der Waals surface area contributed by atoms with E-state index in [4.69, 9.17) is 16.2 Å². The average molecular weight is 370 g/mol. The van der Waals surface area contributed by atoms with Crippen molar-refractivity contribution in [3.63, 3.8) is 0 Å². The summed E-state index contributed by atoms with van der Waals surface area (Å²) >= 11 is 0. The van der Waals surface area contributed by atoms with Gasteiger partial charge in [0, 0.05) is 49.6 Å². The summed E-state index contributed by atoms with van der Waals surface area (Å²) < 4.78 is 7.67. The van der Waals surface area contributed by atoms with Gasteiger partial charge < -0.3 is 16.2 Å². The first-order valence-corrected chi connectivity index (χ1v) is 12.6. The predicted molar refractivity (Wildman–Crippen MR) is 109 cm³/mol. The first kappa shape index (κ1) is 18.6. The first-order valence-electron chi connectivity index (χ1n) is 8.85. The fourth-order valence-corrected chi connectivity index (χ4v) is 3.49. The number of fused-ring (bicyclic) bond motifs is 1. The highest BCUT2D eigenvalue weighted by Crippen LogP contribution is 2.30. The molecule has 6 nitrogen and oxygen atoms in total. The fraction of sp³-hybridized carbons (Fsp3) is 0.368. The van der Waals surface area contributed by atoms with E-state index in [0.717, 1.165) is 40.4 Å². The molecule has 3 aromatic rings. The molecular formula is C19H27N5OSi. The van der Waals surface area contributed by atoms with Crippen LogP contribution in [0, 0.1) is 0 Å². The number of nitrogens with two attached hydrogens (primary N) is 2. The molecule has 0 amide bonds. The number of rotatable bonds is 7. The maximum absolute atomic E-state index is 6.30. The maximum Gasteiger partial charge on any atom is 0.139 e. The van der Waals surface area contributed by atoms with Crippen LogP contribution in [0.3, 0.4) is 0 Å². The zero-order chi connectivity index (χ0) is 18.7. The van der Waals surface area contributed by atoms with Crippen molar-refractivity contribution in [1.29, 1.82) is 0 Å². The smallest absolute Gasteiger partial charge is 0.139 e. The standard InChI is InChI=1S/C19H27N5OSi/c1-26(2,3)7-6-25-13-24-19-9-18(21)17(8-15(19)12-23-24)14-4-5-16(10-20)22-11-14/h4-5,8-9,11-12H,6-7,10,13,20-21H2,1-3H3. The van der Waals surface area contributed by atoms with Crippen molar-refractivity contribution >= 4 is 24.7 Å². The molecule has 0 bridgehead atoms. The summed E-state index contributed by atoms with van der Waals surface area (Å²) in [6.07, 6.45) is 3.66. The van der Waals surface area contributed by atoms with Crippen molar-refractivity contribution in [2.24, 2.45) is 5.73 Å². The summed E-state index contributed by atoms with van der Waals surface area (Å²) in [6, 6.07) is 9.07. The third-order valence-corrected chi connectivity index (χ3v) is 6.07. The Morgan fingerprint density at radius 1 is 1.15 bits per heavy atom. The van der Waals surface area contributed by atoms with Crippen LogP contribution in [0.4, 0.5) is 5.69 Å². The normalized spacial score (nSPS) is 12.0. The molecule has 0 saturated carbocycles. The number of ether oxygens (including phenoxy) is 1. The molecule has 0 aliphatic heterocycles. The van der Waals surface area contributed by atoms with Gasteiger partial charge in [-0.15, -0.1) is 0 Å².